The Kier molecular flexibility index (Phi) is 5.67. The van der Waals surface area contributed by atoms with Crippen LogP contribution in [-0.2, 0) is 24.4 Å². The first kappa shape index (κ1) is 21.2. The van der Waals surface area contributed by atoms with Crippen molar-refractivity contribution in [2.24, 2.45) is 0 Å². The maximum Gasteiger partial charge on any atom is 0.333 e. The molecule has 2 aromatic heterocycles. The van der Waals surface area contributed by atoms with Crippen molar-refractivity contribution in [2.45, 2.75) is 26.6 Å². The summed E-state index contributed by atoms with van der Waals surface area (Å²) in [4.78, 5) is 43.0. The van der Waals surface area contributed by atoms with Crippen molar-refractivity contribution < 1.29 is 13.6 Å². The first-order valence-corrected chi connectivity index (χ1v) is 9.86. The molecule has 0 aliphatic rings. The molecule has 0 aliphatic carbocycles. The molecular weight excluding hydrogens is 420 g/mol. The molecule has 0 unspecified atom stereocenters. The second kappa shape index (κ2) is 8.58. The van der Waals surface area contributed by atoms with E-state index in [0.717, 1.165) is 22.3 Å². The quantitative estimate of drug-likeness (QED) is 0.499. The van der Waals surface area contributed by atoms with Gasteiger partial charge >= 0.3 is 5.69 Å². The molecule has 0 bridgehead atoms. The zero-order chi connectivity index (χ0) is 22.8. The number of rotatable bonds is 6. The first-order chi connectivity index (χ1) is 15.4. The minimum Gasteiger partial charge on any atom is -0.325 e. The zero-order valence-electron chi connectivity index (χ0n) is 17.1. The van der Waals surface area contributed by atoms with Gasteiger partial charge in [0.1, 0.15) is 18.2 Å². The number of halogens is 2. The maximum absolute atomic E-state index is 13.9. The van der Waals surface area contributed by atoms with Gasteiger partial charge in [-0.05, 0) is 24.6 Å². The Labute approximate surface area is 180 Å². The summed E-state index contributed by atoms with van der Waals surface area (Å²) in [6.07, 6.45) is 1.46. The summed E-state index contributed by atoms with van der Waals surface area (Å²) in [5.74, 6) is -2.56. The molecule has 8 nitrogen and oxygen atoms in total. The fraction of sp³-hybridized carbons (Fsp3) is 0.182. The van der Waals surface area contributed by atoms with E-state index in [9.17, 15) is 23.2 Å². The second-order valence-electron chi connectivity index (χ2n) is 7.12. The molecule has 0 saturated carbocycles. The van der Waals surface area contributed by atoms with Crippen molar-refractivity contribution in [1.82, 2.24) is 18.7 Å². The van der Waals surface area contributed by atoms with Crippen LogP contribution in [0, 0.1) is 11.6 Å². The number of aromatic nitrogens is 4. The molecule has 4 rings (SSSR count). The van der Waals surface area contributed by atoms with Gasteiger partial charge in [-0.15, -0.1) is 0 Å². The smallest absolute Gasteiger partial charge is 0.325 e. The predicted molar refractivity (Wildman–Crippen MR) is 114 cm³/mol. The third-order valence-corrected chi connectivity index (χ3v) is 5.01. The minimum absolute atomic E-state index is 0.144. The van der Waals surface area contributed by atoms with E-state index in [1.165, 1.54) is 10.9 Å². The summed E-state index contributed by atoms with van der Waals surface area (Å²) in [5.41, 5.74) is -0.444. The number of fused-ring (bicyclic) bond motifs is 1. The number of anilines is 1. The van der Waals surface area contributed by atoms with E-state index < -0.39 is 35.3 Å². The summed E-state index contributed by atoms with van der Waals surface area (Å²) in [5, 5.41) is 2.27. The predicted octanol–water partition coefficient (Wildman–Crippen LogP) is 2.34. The number of nitrogens with zero attached hydrogens (tertiary/aromatic N) is 4. The van der Waals surface area contributed by atoms with E-state index in [-0.39, 0.29) is 23.4 Å². The molecule has 0 aliphatic heterocycles. The van der Waals surface area contributed by atoms with Gasteiger partial charge in [-0.25, -0.2) is 23.1 Å². The van der Waals surface area contributed by atoms with Gasteiger partial charge in [0.25, 0.3) is 5.56 Å². The molecule has 4 aromatic rings. The van der Waals surface area contributed by atoms with Crippen LogP contribution in [0.25, 0.3) is 11.2 Å². The van der Waals surface area contributed by atoms with Crippen molar-refractivity contribution >= 4 is 22.8 Å². The van der Waals surface area contributed by atoms with Gasteiger partial charge in [0.2, 0.25) is 5.91 Å². The highest BCUT2D eigenvalue weighted by Crippen LogP contribution is 2.15. The van der Waals surface area contributed by atoms with Crippen molar-refractivity contribution in [2.75, 3.05) is 5.32 Å². The molecule has 0 saturated heterocycles. The summed E-state index contributed by atoms with van der Waals surface area (Å²) in [6.45, 7) is 1.75. The molecule has 0 atom stereocenters. The number of aryl methyl sites for hydroxylation is 1. The molecule has 32 heavy (non-hydrogen) atoms. The summed E-state index contributed by atoms with van der Waals surface area (Å²) < 4.78 is 30.7. The van der Waals surface area contributed by atoms with Crippen LogP contribution in [0.5, 0.6) is 0 Å². The highest BCUT2D eigenvalue weighted by atomic mass is 19.1. The van der Waals surface area contributed by atoms with E-state index in [1.54, 1.807) is 4.57 Å². The number of benzene rings is 2. The Balaban J connectivity index is 1.77. The Morgan fingerprint density at radius 2 is 1.81 bits per heavy atom. The lowest BCUT2D eigenvalue weighted by molar-refractivity contribution is -0.116. The van der Waals surface area contributed by atoms with Crippen LogP contribution in [0.2, 0.25) is 0 Å². The highest BCUT2D eigenvalue weighted by Gasteiger charge is 2.20. The largest absolute Gasteiger partial charge is 0.333 e. The number of amides is 1. The van der Waals surface area contributed by atoms with Crippen LogP contribution in [0.1, 0.15) is 12.5 Å². The normalized spacial score (nSPS) is 11.1. The maximum atomic E-state index is 13.9. The molecule has 1 amide bonds. The first-order valence-electron chi connectivity index (χ1n) is 9.86. The van der Waals surface area contributed by atoms with Gasteiger partial charge in [0.15, 0.2) is 11.2 Å². The average Bonchev–Trinajstić information content (AvgIpc) is 3.21. The Hall–Kier alpha value is -4.08. The number of hydrogen-bond donors (Lipinski definition) is 1. The second-order valence-corrected chi connectivity index (χ2v) is 7.12. The topological polar surface area (TPSA) is 90.9 Å². The van der Waals surface area contributed by atoms with Gasteiger partial charge in [0, 0.05) is 12.6 Å². The Morgan fingerprint density at radius 3 is 2.50 bits per heavy atom. The fourth-order valence-corrected chi connectivity index (χ4v) is 3.45. The Morgan fingerprint density at radius 1 is 1.06 bits per heavy atom. The average molecular weight is 439 g/mol. The van der Waals surface area contributed by atoms with E-state index >= 15 is 0 Å². The molecular formula is C22H19F2N5O3. The van der Waals surface area contributed by atoms with Crippen LogP contribution < -0.4 is 16.6 Å². The number of nitrogens with one attached hydrogen (secondary N) is 1. The molecule has 164 valence electrons. The van der Waals surface area contributed by atoms with Gasteiger partial charge < -0.3 is 9.88 Å². The lowest BCUT2D eigenvalue weighted by Gasteiger charge is -2.13. The van der Waals surface area contributed by atoms with Gasteiger partial charge in [0.05, 0.1) is 18.6 Å². The standard InChI is InChI=1S/C22H19F2N5O3/c1-2-27-13-25-20-19(27)21(31)29(22(32)28(20)11-14-6-4-3-5-7-14)12-18(30)26-17-9-8-15(23)10-16(17)24/h3-10,13H,2,11-12H2,1H3,(H,26,30). The van der Waals surface area contributed by atoms with Crippen molar-refractivity contribution in [3.05, 3.63) is 92.9 Å². The number of carbonyl (C=O) groups is 1. The molecule has 1 N–H and O–H groups in total. The summed E-state index contributed by atoms with van der Waals surface area (Å²) in [6, 6.07) is 11.8. The van der Waals surface area contributed by atoms with Crippen LogP contribution in [0.3, 0.4) is 0 Å². The van der Waals surface area contributed by atoms with Gasteiger partial charge in [-0.3, -0.25) is 14.2 Å². The minimum atomic E-state index is -0.966. The lowest BCUT2D eigenvalue weighted by Crippen LogP contribution is -2.43. The van der Waals surface area contributed by atoms with Gasteiger partial charge in [-0.1, -0.05) is 30.3 Å². The van der Waals surface area contributed by atoms with Crippen LogP contribution in [0.4, 0.5) is 14.5 Å². The molecule has 0 fully saturated rings. The molecule has 0 radical (unpaired) electrons. The van der Waals surface area contributed by atoms with Crippen LogP contribution >= 0.6 is 0 Å². The summed E-state index contributed by atoms with van der Waals surface area (Å²) >= 11 is 0. The number of carbonyl (C=O) groups excluding carboxylic acids is 1. The fourth-order valence-electron chi connectivity index (χ4n) is 3.45. The molecule has 10 heteroatoms. The van der Waals surface area contributed by atoms with Crippen LogP contribution in [0.15, 0.2) is 64.4 Å². The Bertz CT molecular complexity index is 1420. The van der Waals surface area contributed by atoms with Crippen molar-refractivity contribution in [3.8, 4) is 0 Å². The van der Waals surface area contributed by atoms with Gasteiger partial charge in [-0.2, -0.15) is 0 Å². The monoisotopic (exact) mass is 439 g/mol. The third kappa shape index (κ3) is 3.94. The number of imidazole rings is 1. The van der Waals surface area contributed by atoms with E-state index in [4.69, 9.17) is 0 Å². The molecule has 2 aromatic carbocycles. The lowest BCUT2D eigenvalue weighted by atomic mass is 10.2. The van der Waals surface area contributed by atoms with E-state index in [1.807, 2.05) is 37.3 Å². The third-order valence-electron chi connectivity index (χ3n) is 5.01. The SMILES string of the molecule is CCn1cnc2c1c(=O)n(CC(=O)Nc1ccc(F)cc1F)c(=O)n2Cc1ccccc1. The van der Waals surface area contributed by atoms with Crippen molar-refractivity contribution in [3.63, 3.8) is 0 Å². The van der Waals surface area contributed by atoms with Crippen molar-refractivity contribution in [1.29, 1.82) is 0 Å². The zero-order valence-corrected chi connectivity index (χ0v) is 17.1. The number of hydrogen-bond acceptors (Lipinski definition) is 4. The highest BCUT2D eigenvalue weighted by molar-refractivity contribution is 5.90. The summed E-state index contributed by atoms with van der Waals surface area (Å²) in [7, 11) is 0. The van der Waals surface area contributed by atoms with E-state index in [2.05, 4.69) is 10.3 Å². The molecule has 0 spiro atoms. The molecule has 2 heterocycles. The van der Waals surface area contributed by atoms with E-state index in [0.29, 0.717) is 12.6 Å². The van der Waals surface area contributed by atoms with Crippen LogP contribution in [-0.4, -0.2) is 24.6 Å².